The molecule has 35 heavy (non-hydrogen) atoms. The van der Waals surface area contributed by atoms with Crippen molar-refractivity contribution in [1.82, 2.24) is 10.3 Å². The number of nitrogens with one attached hydrogen (secondary N) is 1. The highest BCUT2D eigenvalue weighted by Gasteiger charge is 2.42. The lowest BCUT2D eigenvalue weighted by Gasteiger charge is -2.26. The summed E-state index contributed by atoms with van der Waals surface area (Å²) in [7, 11) is 1.37. The summed E-state index contributed by atoms with van der Waals surface area (Å²) in [5.74, 6) is 0.883. The summed E-state index contributed by atoms with van der Waals surface area (Å²) in [6.07, 6.45) is 2.74. The van der Waals surface area contributed by atoms with Crippen LogP contribution in [0.1, 0.15) is 46.4 Å². The summed E-state index contributed by atoms with van der Waals surface area (Å²) in [4.78, 5) is 19.0. The lowest BCUT2D eigenvalue weighted by atomic mass is 10.0. The van der Waals surface area contributed by atoms with Gasteiger partial charge in [-0.05, 0) is 66.7 Å². The molecule has 4 aromatic rings. The molecule has 0 saturated carbocycles. The topological polar surface area (TPSA) is 67.6 Å². The van der Waals surface area contributed by atoms with Crippen LogP contribution in [-0.2, 0) is 11.2 Å². The lowest BCUT2D eigenvalue weighted by molar-refractivity contribution is 0.0601. The molecule has 1 N–H and O–H groups in total. The Kier molecular flexibility index (Phi) is 6.33. The average Bonchev–Trinajstić information content (AvgIpc) is 3.53. The second-order valence-electron chi connectivity index (χ2n) is 8.26. The fourth-order valence-electron chi connectivity index (χ4n) is 4.46. The van der Waals surface area contributed by atoms with Gasteiger partial charge in [0.05, 0.1) is 24.4 Å². The highest BCUT2D eigenvalue weighted by Crippen LogP contribution is 2.43. The van der Waals surface area contributed by atoms with Crippen LogP contribution >= 0.6 is 12.2 Å². The van der Waals surface area contributed by atoms with Gasteiger partial charge in [-0.2, -0.15) is 0 Å². The van der Waals surface area contributed by atoms with Crippen molar-refractivity contribution in [3.05, 3.63) is 108 Å². The Labute approximate surface area is 209 Å². The van der Waals surface area contributed by atoms with Crippen molar-refractivity contribution in [2.75, 3.05) is 12.0 Å². The SMILES string of the molecule is CCc1ccc(N2C(=S)N[C@H](c3ccccn3)[C@H]2c2ccc(-c3ccccc3C(=O)OC)o2)cc1. The smallest absolute Gasteiger partial charge is 0.338 e. The van der Waals surface area contributed by atoms with E-state index in [1.165, 1.54) is 12.7 Å². The van der Waals surface area contributed by atoms with Gasteiger partial charge in [-0.3, -0.25) is 4.98 Å². The maximum Gasteiger partial charge on any atom is 0.338 e. The van der Waals surface area contributed by atoms with Gasteiger partial charge in [0.15, 0.2) is 5.11 Å². The molecule has 2 atom stereocenters. The van der Waals surface area contributed by atoms with Gasteiger partial charge in [-0.25, -0.2) is 4.79 Å². The van der Waals surface area contributed by atoms with Crippen LogP contribution in [-0.4, -0.2) is 23.2 Å². The van der Waals surface area contributed by atoms with Crippen molar-refractivity contribution >= 4 is 29.0 Å². The number of nitrogens with zero attached hydrogens (tertiary/aromatic N) is 2. The maximum atomic E-state index is 12.3. The Morgan fingerprint density at radius 2 is 1.83 bits per heavy atom. The Balaban J connectivity index is 1.59. The third kappa shape index (κ3) is 4.31. The number of ether oxygens (including phenoxy) is 1. The number of benzene rings is 2. The molecule has 0 radical (unpaired) electrons. The molecule has 0 bridgehead atoms. The third-order valence-electron chi connectivity index (χ3n) is 6.24. The molecule has 1 fully saturated rings. The van der Waals surface area contributed by atoms with Crippen LogP contribution in [0.3, 0.4) is 0 Å². The summed E-state index contributed by atoms with van der Waals surface area (Å²) in [5, 5.41) is 4.04. The molecule has 7 heteroatoms. The number of hydrogen-bond donors (Lipinski definition) is 1. The first-order chi connectivity index (χ1) is 17.1. The molecule has 3 heterocycles. The molecule has 176 valence electrons. The number of furan rings is 1. The fourth-order valence-corrected chi connectivity index (χ4v) is 4.80. The molecule has 1 aliphatic rings. The number of methoxy groups -OCH3 is 1. The van der Waals surface area contributed by atoms with Crippen LogP contribution in [0.25, 0.3) is 11.3 Å². The highest BCUT2D eigenvalue weighted by molar-refractivity contribution is 7.80. The van der Waals surface area contributed by atoms with Gasteiger partial charge in [0.25, 0.3) is 0 Å². The summed E-state index contributed by atoms with van der Waals surface area (Å²) in [5.41, 5.74) is 4.21. The normalized spacial score (nSPS) is 17.3. The van der Waals surface area contributed by atoms with Crippen LogP contribution < -0.4 is 10.2 Å². The molecular weight excluding hydrogens is 458 g/mol. The van der Waals surface area contributed by atoms with E-state index < -0.39 is 5.97 Å². The van der Waals surface area contributed by atoms with Gasteiger partial charge < -0.3 is 19.4 Å². The quantitative estimate of drug-likeness (QED) is 0.272. The second kappa shape index (κ2) is 9.72. The zero-order chi connectivity index (χ0) is 24.4. The molecule has 6 nitrogen and oxygen atoms in total. The van der Waals surface area contributed by atoms with E-state index >= 15 is 0 Å². The van der Waals surface area contributed by atoms with Crippen molar-refractivity contribution in [3.63, 3.8) is 0 Å². The van der Waals surface area contributed by atoms with Gasteiger partial charge in [-0.15, -0.1) is 0 Å². The first-order valence-electron chi connectivity index (χ1n) is 11.5. The second-order valence-corrected chi connectivity index (χ2v) is 8.64. The van der Waals surface area contributed by atoms with Crippen molar-refractivity contribution < 1.29 is 13.9 Å². The van der Waals surface area contributed by atoms with E-state index in [4.69, 9.17) is 21.4 Å². The predicted octanol–water partition coefficient (Wildman–Crippen LogP) is 5.87. The largest absolute Gasteiger partial charge is 0.465 e. The van der Waals surface area contributed by atoms with Crippen molar-refractivity contribution in [1.29, 1.82) is 0 Å². The Hall–Kier alpha value is -3.97. The molecule has 0 aliphatic carbocycles. The summed E-state index contributed by atoms with van der Waals surface area (Å²) >= 11 is 5.79. The molecule has 1 saturated heterocycles. The zero-order valence-electron chi connectivity index (χ0n) is 19.5. The standard InChI is InChI=1S/C28H25N3O3S/c1-3-18-11-13-19(14-12-18)31-26(25(30-28(31)35)22-10-6-7-17-29-22)24-16-15-23(34-24)20-8-4-5-9-21(20)27(32)33-2/h4-17,25-26H,3H2,1-2H3,(H,30,35)/t25-,26-/m1/s1. The Morgan fingerprint density at radius 3 is 2.54 bits per heavy atom. The van der Waals surface area contributed by atoms with E-state index in [-0.39, 0.29) is 12.1 Å². The first kappa shape index (κ1) is 22.8. The van der Waals surface area contributed by atoms with E-state index in [1.807, 2.05) is 42.5 Å². The van der Waals surface area contributed by atoms with Crippen LogP contribution in [0.4, 0.5) is 5.69 Å². The van der Waals surface area contributed by atoms with E-state index in [0.717, 1.165) is 17.8 Å². The molecule has 2 aromatic heterocycles. The number of esters is 1. The van der Waals surface area contributed by atoms with Crippen LogP contribution in [0, 0.1) is 0 Å². The molecule has 5 rings (SSSR count). The number of thiocarbonyl (C=S) groups is 1. The van der Waals surface area contributed by atoms with E-state index in [1.54, 1.807) is 18.3 Å². The number of aryl methyl sites for hydroxylation is 1. The summed E-state index contributed by atoms with van der Waals surface area (Å²) in [6.45, 7) is 2.13. The maximum absolute atomic E-state index is 12.3. The summed E-state index contributed by atoms with van der Waals surface area (Å²) < 4.78 is 11.4. The Morgan fingerprint density at radius 1 is 1.06 bits per heavy atom. The summed E-state index contributed by atoms with van der Waals surface area (Å²) in [6, 6.07) is 24.8. The van der Waals surface area contributed by atoms with Gasteiger partial charge in [0, 0.05) is 17.4 Å². The number of carbonyl (C=O) groups is 1. The van der Waals surface area contributed by atoms with Gasteiger partial charge in [0.2, 0.25) is 0 Å². The minimum atomic E-state index is -0.411. The Bertz CT molecular complexity index is 1350. The number of pyridine rings is 1. The third-order valence-corrected chi connectivity index (χ3v) is 6.55. The van der Waals surface area contributed by atoms with Crippen molar-refractivity contribution in [3.8, 4) is 11.3 Å². The van der Waals surface area contributed by atoms with Crippen LogP contribution in [0.2, 0.25) is 0 Å². The monoisotopic (exact) mass is 483 g/mol. The highest BCUT2D eigenvalue weighted by atomic mass is 32.1. The molecular formula is C28H25N3O3S. The van der Waals surface area contributed by atoms with E-state index in [9.17, 15) is 4.79 Å². The molecule has 0 unspecified atom stereocenters. The lowest BCUT2D eigenvalue weighted by Crippen LogP contribution is -2.29. The average molecular weight is 484 g/mol. The van der Waals surface area contributed by atoms with Gasteiger partial charge in [-0.1, -0.05) is 43.3 Å². The van der Waals surface area contributed by atoms with Gasteiger partial charge in [0.1, 0.15) is 17.6 Å². The van der Waals surface area contributed by atoms with E-state index in [0.29, 0.717) is 27.8 Å². The molecule has 0 spiro atoms. The van der Waals surface area contributed by atoms with Crippen molar-refractivity contribution in [2.45, 2.75) is 25.4 Å². The van der Waals surface area contributed by atoms with Gasteiger partial charge >= 0.3 is 5.97 Å². The van der Waals surface area contributed by atoms with E-state index in [2.05, 4.69) is 46.4 Å². The predicted molar refractivity (Wildman–Crippen MR) is 139 cm³/mol. The minimum absolute atomic E-state index is 0.218. The number of rotatable bonds is 6. The molecule has 0 amide bonds. The van der Waals surface area contributed by atoms with Crippen molar-refractivity contribution in [2.24, 2.45) is 0 Å². The van der Waals surface area contributed by atoms with Crippen LogP contribution in [0.15, 0.2) is 89.5 Å². The zero-order valence-corrected chi connectivity index (χ0v) is 20.3. The fraction of sp³-hybridized carbons (Fsp3) is 0.179. The number of carbonyl (C=O) groups excluding carboxylic acids is 1. The number of hydrogen-bond acceptors (Lipinski definition) is 5. The van der Waals surface area contributed by atoms with Crippen LogP contribution in [0.5, 0.6) is 0 Å². The molecule has 2 aromatic carbocycles. The minimum Gasteiger partial charge on any atom is -0.465 e. The molecule has 1 aliphatic heterocycles. The first-order valence-corrected chi connectivity index (χ1v) is 11.9. The number of anilines is 1. The number of aromatic nitrogens is 1.